The molecule has 1 heterocycles. The number of carbonyl (C=O) groups excluding carboxylic acids is 1. The number of carbonyl (C=O) groups is 1. The van der Waals surface area contributed by atoms with Crippen LogP contribution in [0.25, 0.3) is 0 Å². The molecular formula is C12H16BrN3O. The third-order valence-electron chi connectivity index (χ3n) is 3.16. The fourth-order valence-corrected chi connectivity index (χ4v) is 2.69. The van der Waals surface area contributed by atoms with Crippen LogP contribution in [-0.4, -0.2) is 19.0 Å². The van der Waals surface area contributed by atoms with Crippen LogP contribution in [0.3, 0.4) is 0 Å². The number of aryl methyl sites for hydroxylation is 1. The first-order valence-corrected chi connectivity index (χ1v) is 6.38. The maximum absolute atomic E-state index is 11.9. The number of benzene rings is 1. The highest BCUT2D eigenvalue weighted by Crippen LogP contribution is 2.34. The predicted molar refractivity (Wildman–Crippen MR) is 72.8 cm³/mol. The number of halogens is 1. The summed E-state index contributed by atoms with van der Waals surface area (Å²) < 4.78 is 0.934. The van der Waals surface area contributed by atoms with Crippen molar-refractivity contribution in [1.82, 2.24) is 0 Å². The predicted octanol–water partition coefficient (Wildman–Crippen LogP) is 1.65. The highest BCUT2D eigenvalue weighted by Gasteiger charge is 2.31. The van der Waals surface area contributed by atoms with Gasteiger partial charge in [0, 0.05) is 17.4 Å². The molecule has 1 aliphatic heterocycles. The van der Waals surface area contributed by atoms with Gasteiger partial charge in [-0.05, 0) is 37.1 Å². The van der Waals surface area contributed by atoms with Crippen molar-refractivity contribution in [3.05, 3.63) is 22.2 Å². The fraction of sp³-hybridized carbons (Fsp3) is 0.417. The van der Waals surface area contributed by atoms with Gasteiger partial charge in [-0.25, -0.2) is 0 Å². The van der Waals surface area contributed by atoms with Crippen molar-refractivity contribution >= 4 is 33.2 Å². The second kappa shape index (κ2) is 4.66. The molecule has 5 heteroatoms. The summed E-state index contributed by atoms with van der Waals surface area (Å²) in [4.78, 5) is 13.7. The molecule has 17 heavy (non-hydrogen) atoms. The van der Waals surface area contributed by atoms with Crippen LogP contribution in [-0.2, 0) is 4.79 Å². The van der Waals surface area contributed by atoms with Gasteiger partial charge < -0.3 is 16.4 Å². The van der Waals surface area contributed by atoms with Crippen LogP contribution in [0.1, 0.15) is 12.0 Å². The van der Waals surface area contributed by atoms with E-state index in [2.05, 4.69) is 15.9 Å². The first-order valence-electron chi connectivity index (χ1n) is 5.59. The SMILES string of the molecule is Cc1cc(Br)cc(N2CC(CN)CC2=O)c1N. The first-order chi connectivity index (χ1) is 8.02. The van der Waals surface area contributed by atoms with Crippen LogP contribution < -0.4 is 16.4 Å². The Balaban J connectivity index is 2.38. The van der Waals surface area contributed by atoms with Crippen LogP contribution in [0.4, 0.5) is 11.4 Å². The Hall–Kier alpha value is -1.07. The Labute approximate surface area is 109 Å². The molecule has 1 aliphatic rings. The number of hydrogen-bond acceptors (Lipinski definition) is 3. The number of rotatable bonds is 2. The van der Waals surface area contributed by atoms with Crippen LogP contribution >= 0.6 is 15.9 Å². The molecule has 1 aromatic carbocycles. The summed E-state index contributed by atoms with van der Waals surface area (Å²) in [6.07, 6.45) is 0.515. The number of anilines is 2. The minimum atomic E-state index is 0.102. The van der Waals surface area contributed by atoms with Gasteiger partial charge in [0.2, 0.25) is 5.91 Å². The molecule has 1 saturated heterocycles. The topological polar surface area (TPSA) is 72.3 Å². The maximum Gasteiger partial charge on any atom is 0.227 e. The molecule has 1 aromatic rings. The molecule has 1 amide bonds. The van der Waals surface area contributed by atoms with Gasteiger partial charge in [-0.15, -0.1) is 0 Å². The van der Waals surface area contributed by atoms with Crippen LogP contribution in [0.5, 0.6) is 0 Å². The normalized spacial score (nSPS) is 20.1. The maximum atomic E-state index is 11.9. The van der Waals surface area contributed by atoms with Crippen molar-refractivity contribution < 1.29 is 4.79 Å². The number of nitrogens with two attached hydrogens (primary N) is 2. The molecule has 4 N–H and O–H groups in total. The molecule has 0 spiro atoms. The Kier molecular flexibility index (Phi) is 3.40. The Morgan fingerprint density at radius 2 is 2.24 bits per heavy atom. The third-order valence-corrected chi connectivity index (χ3v) is 3.62. The van der Waals surface area contributed by atoms with Crippen LogP contribution in [0, 0.1) is 12.8 Å². The van der Waals surface area contributed by atoms with Crippen molar-refractivity contribution in [3.8, 4) is 0 Å². The van der Waals surface area contributed by atoms with E-state index in [4.69, 9.17) is 11.5 Å². The van der Waals surface area contributed by atoms with Crippen LogP contribution in [0.2, 0.25) is 0 Å². The minimum absolute atomic E-state index is 0.102. The summed E-state index contributed by atoms with van der Waals surface area (Å²) in [5.41, 5.74) is 14.1. The van der Waals surface area contributed by atoms with E-state index in [1.54, 1.807) is 4.90 Å². The number of amides is 1. The van der Waals surface area contributed by atoms with E-state index in [0.717, 1.165) is 15.7 Å². The molecule has 2 rings (SSSR count). The number of nitrogens with zero attached hydrogens (tertiary/aromatic N) is 1. The average molecular weight is 298 g/mol. The van der Waals surface area contributed by atoms with Gasteiger partial charge in [0.25, 0.3) is 0 Å². The summed E-state index contributed by atoms with van der Waals surface area (Å²) in [5, 5.41) is 0. The quantitative estimate of drug-likeness (QED) is 0.815. The Morgan fingerprint density at radius 1 is 1.53 bits per heavy atom. The molecule has 0 aromatic heterocycles. The van der Waals surface area contributed by atoms with Gasteiger partial charge in [-0.2, -0.15) is 0 Å². The molecule has 1 fully saturated rings. The van der Waals surface area contributed by atoms with Crippen molar-refractivity contribution in [3.63, 3.8) is 0 Å². The van der Waals surface area contributed by atoms with E-state index in [-0.39, 0.29) is 11.8 Å². The van der Waals surface area contributed by atoms with E-state index in [1.807, 2.05) is 19.1 Å². The highest BCUT2D eigenvalue weighted by molar-refractivity contribution is 9.10. The van der Waals surface area contributed by atoms with Gasteiger partial charge in [0.1, 0.15) is 0 Å². The van der Waals surface area contributed by atoms with Crippen LogP contribution in [0.15, 0.2) is 16.6 Å². The second-order valence-corrected chi connectivity index (χ2v) is 5.38. The monoisotopic (exact) mass is 297 g/mol. The number of nitrogen functional groups attached to an aromatic ring is 1. The molecule has 4 nitrogen and oxygen atoms in total. The Morgan fingerprint density at radius 3 is 2.82 bits per heavy atom. The first kappa shape index (κ1) is 12.4. The lowest BCUT2D eigenvalue weighted by Crippen LogP contribution is -2.26. The average Bonchev–Trinajstić information content (AvgIpc) is 2.65. The van der Waals surface area contributed by atoms with Gasteiger partial charge >= 0.3 is 0 Å². The molecule has 0 radical (unpaired) electrons. The van der Waals surface area contributed by atoms with E-state index in [9.17, 15) is 4.79 Å². The molecule has 0 aliphatic carbocycles. The summed E-state index contributed by atoms with van der Waals surface area (Å²) in [6, 6.07) is 3.83. The molecule has 92 valence electrons. The summed E-state index contributed by atoms with van der Waals surface area (Å²) >= 11 is 3.43. The molecular weight excluding hydrogens is 282 g/mol. The van der Waals surface area contributed by atoms with E-state index in [1.165, 1.54) is 0 Å². The lowest BCUT2D eigenvalue weighted by Gasteiger charge is -2.20. The van der Waals surface area contributed by atoms with Crippen molar-refractivity contribution in [2.75, 3.05) is 23.7 Å². The standard InChI is InChI=1S/C12H16BrN3O/c1-7-2-9(13)4-10(12(7)15)16-6-8(5-14)3-11(16)17/h2,4,8H,3,5-6,14-15H2,1H3. The van der Waals surface area contributed by atoms with E-state index in [0.29, 0.717) is 25.2 Å². The zero-order valence-electron chi connectivity index (χ0n) is 9.74. The Bertz CT molecular complexity index is 461. The van der Waals surface area contributed by atoms with Gasteiger partial charge in [-0.3, -0.25) is 4.79 Å². The number of hydrogen-bond donors (Lipinski definition) is 2. The van der Waals surface area contributed by atoms with Gasteiger partial charge in [0.15, 0.2) is 0 Å². The van der Waals surface area contributed by atoms with Crippen molar-refractivity contribution in [2.24, 2.45) is 11.7 Å². The lowest BCUT2D eigenvalue weighted by atomic mass is 10.1. The lowest BCUT2D eigenvalue weighted by molar-refractivity contribution is -0.117. The van der Waals surface area contributed by atoms with Gasteiger partial charge in [0.05, 0.1) is 11.4 Å². The molecule has 0 saturated carbocycles. The van der Waals surface area contributed by atoms with Crippen molar-refractivity contribution in [2.45, 2.75) is 13.3 Å². The summed E-state index contributed by atoms with van der Waals surface area (Å²) in [5.74, 6) is 0.339. The zero-order valence-corrected chi connectivity index (χ0v) is 11.3. The van der Waals surface area contributed by atoms with Crippen molar-refractivity contribution in [1.29, 1.82) is 0 Å². The summed E-state index contributed by atoms with van der Waals surface area (Å²) in [6.45, 7) is 3.13. The third kappa shape index (κ3) is 2.30. The largest absolute Gasteiger partial charge is 0.397 e. The highest BCUT2D eigenvalue weighted by atomic mass is 79.9. The minimum Gasteiger partial charge on any atom is -0.397 e. The molecule has 1 atom stereocenters. The molecule has 1 unspecified atom stereocenters. The zero-order chi connectivity index (χ0) is 12.6. The van der Waals surface area contributed by atoms with E-state index < -0.39 is 0 Å². The smallest absolute Gasteiger partial charge is 0.227 e. The van der Waals surface area contributed by atoms with Gasteiger partial charge in [-0.1, -0.05) is 15.9 Å². The summed E-state index contributed by atoms with van der Waals surface area (Å²) in [7, 11) is 0. The fourth-order valence-electron chi connectivity index (χ4n) is 2.13. The second-order valence-electron chi connectivity index (χ2n) is 4.47. The van der Waals surface area contributed by atoms with E-state index >= 15 is 0 Å². The molecule has 0 bridgehead atoms.